The molecule has 1 aromatic carbocycles. The van der Waals surface area contributed by atoms with E-state index in [1.807, 2.05) is 26.0 Å². The van der Waals surface area contributed by atoms with Crippen LogP contribution in [0.4, 0.5) is 5.82 Å². The molecule has 1 N–H and O–H groups in total. The van der Waals surface area contributed by atoms with Crippen LogP contribution in [0.5, 0.6) is 0 Å². The maximum Gasteiger partial charge on any atom is 0.150 e. The highest BCUT2D eigenvalue weighted by atomic mass is 35.5. The molecular formula is C24H31ClN4O. The van der Waals surface area contributed by atoms with Crippen LogP contribution in [0.15, 0.2) is 12.1 Å². The molecule has 160 valence electrons. The third-order valence-corrected chi connectivity index (χ3v) is 6.87. The Balaban J connectivity index is 1.90. The van der Waals surface area contributed by atoms with Crippen molar-refractivity contribution >= 4 is 28.5 Å². The predicted octanol–water partition coefficient (Wildman–Crippen LogP) is 5.21. The number of benzene rings is 1. The Labute approximate surface area is 183 Å². The Hall–Kier alpha value is -2.11. The number of aliphatic hydroxyl groups excluding tert-OH is 1. The fourth-order valence-electron chi connectivity index (χ4n) is 4.90. The van der Waals surface area contributed by atoms with E-state index in [9.17, 15) is 5.11 Å². The highest BCUT2D eigenvalue weighted by molar-refractivity contribution is 6.30. The van der Waals surface area contributed by atoms with Crippen LogP contribution in [-0.2, 0) is 0 Å². The standard InChI is InChI=1S/C24H31ClN4O/c1-13-11-20(25)12-14(2)22(13)29-16(4)15(3)21-23(26-18(6)27-24(21)29)28-9-7-19(8-10-28)17(5)30/h11-12,17,19,30H,7-10H2,1-6H3. The van der Waals surface area contributed by atoms with Gasteiger partial charge in [-0.05, 0) is 89.1 Å². The van der Waals surface area contributed by atoms with Gasteiger partial charge in [0.15, 0.2) is 5.65 Å². The monoisotopic (exact) mass is 426 g/mol. The second-order valence-electron chi connectivity index (χ2n) is 8.79. The van der Waals surface area contributed by atoms with Crippen molar-refractivity contribution in [3.8, 4) is 5.69 Å². The van der Waals surface area contributed by atoms with Gasteiger partial charge in [0.2, 0.25) is 0 Å². The lowest BCUT2D eigenvalue weighted by atomic mass is 9.92. The zero-order chi connectivity index (χ0) is 21.7. The zero-order valence-corrected chi connectivity index (χ0v) is 19.5. The summed E-state index contributed by atoms with van der Waals surface area (Å²) in [7, 11) is 0. The van der Waals surface area contributed by atoms with Gasteiger partial charge in [0.25, 0.3) is 0 Å². The Morgan fingerprint density at radius 2 is 1.63 bits per heavy atom. The van der Waals surface area contributed by atoms with Crippen molar-refractivity contribution in [3.05, 3.63) is 45.4 Å². The smallest absolute Gasteiger partial charge is 0.150 e. The minimum Gasteiger partial charge on any atom is -0.393 e. The van der Waals surface area contributed by atoms with Crippen LogP contribution in [-0.4, -0.2) is 38.8 Å². The number of nitrogens with zero attached hydrogens (tertiary/aromatic N) is 4. The number of aryl methyl sites for hydroxylation is 4. The van der Waals surface area contributed by atoms with Crippen LogP contribution < -0.4 is 4.90 Å². The van der Waals surface area contributed by atoms with E-state index in [2.05, 4.69) is 37.2 Å². The van der Waals surface area contributed by atoms with E-state index in [0.717, 1.165) is 70.4 Å². The average Bonchev–Trinajstić information content (AvgIpc) is 2.92. The number of aliphatic hydroxyl groups is 1. The van der Waals surface area contributed by atoms with Crippen LogP contribution in [0.25, 0.3) is 16.7 Å². The Morgan fingerprint density at radius 1 is 1.03 bits per heavy atom. The largest absolute Gasteiger partial charge is 0.393 e. The molecule has 30 heavy (non-hydrogen) atoms. The fraction of sp³-hybridized carbons (Fsp3) is 0.500. The lowest BCUT2D eigenvalue weighted by Crippen LogP contribution is -2.37. The van der Waals surface area contributed by atoms with Gasteiger partial charge in [0, 0.05) is 23.8 Å². The van der Waals surface area contributed by atoms with Crippen molar-refractivity contribution < 1.29 is 5.11 Å². The van der Waals surface area contributed by atoms with Crippen LogP contribution in [0.2, 0.25) is 5.02 Å². The second-order valence-corrected chi connectivity index (χ2v) is 9.23. The molecule has 0 bridgehead atoms. The minimum atomic E-state index is -0.250. The number of fused-ring (bicyclic) bond motifs is 1. The first-order valence-corrected chi connectivity index (χ1v) is 11.1. The predicted molar refractivity (Wildman–Crippen MR) is 124 cm³/mol. The molecule has 0 spiro atoms. The fourth-order valence-corrected chi connectivity index (χ4v) is 5.23. The first-order valence-electron chi connectivity index (χ1n) is 10.8. The molecule has 2 aromatic heterocycles. The van der Waals surface area contributed by atoms with Gasteiger partial charge in [-0.3, -0.25) is 4.57 Å². The number of piperidine rings is 1. The summed E-state index contributed by atoms with van der Waals surface area (Å²) in [6.07, 6.45) is 1.72. The zero-order valence-electron chi connectivity index (χ0n) is 18.8. The first-order chi connectivity index (χ1) is 14.2. The number of anilines is 1. The van der Waals surface area contributed by atoms with Crippen molar-refractivity contribution in [2.45, 2.75) is 60.5 Å². The lowest BCUT2D eigenvalue weighted by molar-refractivity contribution is 0.110. The normalized spacial score (nSPS) is 16.5. The summed E-state index contributed by atoms with van der Waals surface area (Å²) in [5.74, 6) is 2.16. The van der Waals surface area contributed by atoms with Gasteiger partial charge in [0.1, 0.15) is 11.6 Å². The number of rotatable bonds is 3. The van der Waals surface area contributed by atoms with Crippen molar-refractivity contribution in [1.82, 2.24) is 14.5 Å². The molecule has 3 aromatic rings. The summed E-state index contributed by atoms with van der Waals surface area (Å²) < 4.78 is 2.27. The lowest BCUT2D eigenvalue weighted by Gasteiger charge is -2.34. The maximum atomic E-state index is 9.97. The third kappa shape index (κ3) is 3.48. The molecule has 5 nitrogen and oxygen atoms in total. The van der Waals surface area contributed by atoms with Gasteiger partial charge in [-0.25, -0.2) is 9.97 Å². The topological polar surface area (TPSA) is 54.2 Å². The highest BCUT2D eigenvalue weighted by Gasteiger charge is 2.27. The van der Waals surface area contributed by atoms with Gasteiger partial charge < -0.3 is 10.0 Å². The van der Waals surface area contributed by atoms with Crippen LogP contribution >= 0.6 is 11.6 Å². The molecule has 1 saturated heterocycles. The van der Waals surface area contributed by atoms with E-state index in [-0.39, 0.29) is 6.10 Å². The number of aromatic nitrogens is 3. The molecule has 0 aliphatic carbocycles. The van der Waals surface area contributed by atoms with Crippen LogP contribution in [0.1, 0.15) is 48.0 Å². The molecule has 6 heteroatoms. The van der Waals surface area contributed by atoms with Gasteiger partial charge in [-0.15, -0.1) is 0 Å². The Bertz CT molecular complexity index is 1090. The number of hydrogen-bond donors (Lipinski definition) is 1. The summed E-state index contributed by atoms with van der Waals surface area (Å²) in [5, 5.41) is 11.9. The number of hydrogen-bond acceptors (Lipinski definition) is 4. The molecule has 4 rings (SSSR count). The average molecular weight is 427 g/mol. The Kier molecular flexibility index (Phi) is 5.54. The molecule has 3 heterocycles. The van der Waals surface area contributed by atoms with E-state index >= 15 is 0 Å². The van der Waals surface area contributed by atoms with E-state index in [0.29, 0.717) is 5.92 Å². The van der Waals surface area contributed by atoms with Crippen molar-refractivity contribution in [3.63, 3.8) is 0 Å². The Morgan fingerprint density at radius 3 is 2.20 bits per heavy atom. The molecule has 0 saturated carbocycles. The van der Waals surface area contributed by atoms with Crippen LogP contribution in [0.3, 0.4) is 0 Å². The number of halogens is 1. The second kappa shape index (κ2) is 7.86. The van der Waals surface area contributed by atoms with Crippen molar-refractivity contribution in [2.75, 3.05) is 18.0 Å². The summed E-state index contributed by atoms with van der Waals surface area (Å²) in [5.41, 5.74) is 6.77. The van der Waals surface area contributed by atoms with E-state index in [1.165, 1.54) is 11.3 Å². The molecule has 1 aliphatic rings. The molecule has 0 radical (unpaired) electrons. The molecule has 0 amide bonds. The van der Waals surface area contributed by atoms with Gasteiger partial charge in [0.05, 0.1) is 17.2 Å². The third-order valence-electron chi connectivity index (χ3n) is 6.65. The van der Waals surface area contributed by atoms with Gasteiger partial charge >= 0.3 is 0 Å². The van der Waals surface area contributed by atoms with Crippen LogP contribution in [0, 0.1) is 40.5 Å². The van der Waals surface area contributed by atoms with E-state index in [4.69, 9.17) is 21.6 Å². The molecule has 1 aliphatic heterocycles. The van der Waals surface area contributed by atoms with Gasteiger partial charge in [-0.1, -0.05) is 11.6 Å². The van der Waals surface area contributed by atoms with Gasteiger partial charge in [-0.2, -0.15) is 0 Å². The highest BCUT2D eigenvalue weighted by Crippen LogP contribution is 2.37. The first kappa shape index (κ1) is 21.1. The van der Waals surface area contributed by atoms with Crippen molar-refractivity contribution in [2.24, 2.45) is 5.92 Å². The quantitative estimate of drug-likeness (QED) is 0.624. The minimum absolute atomic E-state index is 0.250. The van der Waals surface area contributed by atoms with E-state index in [1.54, 1.807) is 0 Å². The summed E-state index contributed by atoms with van der Waals surface area (Å²) >= 11 is 6.30. The van der Waals surface area contributed by atoms with Crippen molar-refractivity contribution in [1.29, 1.82) is 0 Å². The molecular weight excluding hydrogens is 396 g/mol. The van der Waals surface area contributed by atoms with E-state index < -0.39 is 0 Å². The summed E-state index contributed by atoms with van der Waals surface area (Å²) in [4.78, 5) is 12.1. The molecule has 1 fully saturated rings. The maximum absolute atomic E-state index is 9.97. The summed E-state index contributed by atoms with van der Waals surface area (Å²) in [6.45, 7) is 14.2. The summed E-state index contributed by atoms with van der Waals surface area (Å²) in [6, 6.07) is 4.03. The molecule has 1 unspecified atom stereocenters. The SMILES string of the molecule is Cc1nc(N2CCC(C(C)O)CC2)c2c(C)c(C)n(-c3c(C)cc(Cl)cc3C)c2n1. The molecule has 1 atom stereocenters.